The monoisotopic (exact) mass is 323 g/mol. The lowest BCUT2D eigenvalue weighted by atomic mass is 9.89. The van der Waals surface area contributed by atoms with E-state index in [1.807, 2.05) is 0 Å². The van der Waals surface area contributed by atoms with Crippen molar-refractivity contribution in [2.24, 2.45) is 5.92 Å². The van der Waals surface area contributed by atoms with E-state index < -0.39 is 0 Å². The van der Waals surface area contributed by atoms with Gasteiger partial charge in [-0.2, -0.15) is 0 Å². The average Bonchev–Trinajstić information content (AvgIpc) is 2.40. The molecule has 0 radical (unpaired) electrons. The highest BCUT2D eigenvalue weighted by Crippen LogP contribution is 2.29. The highest BCUT2D eigenvalue weighted by molar-refractivity contribution is 9.10. The van der Waals surface area contributed by atoms with Crippen molar-refractivity contribution in [3.8, 4) is 0 Å². The highest BCUT2D eigenvalue weighted by atomic mass is 79.9. The minimum atomic E-state index is 0.773. The van der Waals surface area contributed by atoms with Crippen LogP contribution in [0.15, 0.2) is 28.7 Å². The van der Waals surface area contributed by atoms with Crippen LogP contribution in [-0.2, 0) is 0 Å². The standard InChI is InChI=1S/C17H26BrN/c1-14(2)4-3-11-19-12-9-16(10-13-19)15-5-7-17(18)8-6-15/h5-8,14,16H,3-4,9-13H2,1-2H3. The van der Waals surface area contributed by atoms with Gasteiger partial charge in [-0.1, -0.05) is 41.9 Å². The quantitative estimate of drug-likeness (QED) is 0.731. The van der Waals surface area contributed by atoms with Crippen molar-refractivity contribution < 1.29 is 0 Å². The van der Waals surface area contributed by atoms with Crippen LogP contribution in [-0.4, -0.2) is 24.5 Å². The van der Waals surface area contributed by atoms with E-state index in [9.17, 15) is 0 Å². The summed E-state index contributed by atoms with van der Waals surface area (Å²) in [6, 6.07) is 8.90. The van der Waals surface area contributed by atoms with E-state index in [2.05, 4.69) is 58.9 Å². The first-order valence-corrected chi connectivity index (χ1v) is 8.42. The second kappa shape index (κ2) is 7.44. The van der Waals surface area contributed by atoms with Gasteiger partial charge in [0.1, 0.15) is 0 Å². The lowest BCUT2D eigenvalue weighted by Gasteiger charge is -2.32. The molecular weight excluding hydrogens is 298 g/mol. The third-order valence-electron chi connectivity index (χ3n) is 4.18. The molecule has 0 atom stereocenters. The molecule has 2 rings (SSSR count). The summed E-state index contributed by atoms with van der Waals surface area (Å²) >= 11 is 3.51. The van der Waals surface area contributed by atoms with Gasteiger partial charge in [-0.15, -0.1) is 0 Å². The number of benzene rings is 1. The minimum absolute atomic E-state index is 0.773. The van der Waals surface area contributed by atoms with Crippen LogP contribution in [0, 0.1) is 5.92 Å². The Morgan fingerprint density at radius 3 is 2.37 bits per heavy atom. The van der Waals surface area contributed by atoms with E-state index in [4.69, 9.17) is 0 Å². The number of halogens is 1. The van der Waals surface area contributed by atoms with Crippen molar-refractivity contribution in [2.75, 3.05) is 19.6 Å². The summed E-state index contributed by atoms with van der Waals surface area (Å²) in [5.74, 6) is 1.62. The Balaban J connectivity index is 1.74. The average molecular weight is 324 g/mol. The number of piperidine rings is 1. The van der Waals surface area contributed by atoms with E-state index >= 15 is 0 Å². The summed E-state index contributed by atoms with van der Waals surface area (Å²) in [6.07, 6.45) is 5.37. The number of rotatable bonds is 5. The summed E-state index contributed by atoms with van der Waals surface area (Å²) in [5.41, 5.74) is 1.52. The molecule has 1 nitrogen and oxygen atoms in total. The number of likely N-dealkylation sites (tertiary alicyclic amines) is 1. The van der Waals surface area contributed by atoms with E-state index in [1.54, 1.807) is 0 Å². The van der Waals surface area contributed by atoms with Crippen LogP contribution in [0.4, 0.5) is 0 Å². The number of hydrogen-bond donors (Lipinski definition) is 0. The Kier molecular flexibility index (Phi) is 5.90. The van der Waals surface area contributed by atoms with Gasteiger partial charge in [-0.3, -0.25) is 0 Å². The molecule has 1 saturated heterocycles. The predicted molar refractivity (Wildman–Crippen MR) is 86.6 cm³/mol. The molecule has 1 aromatic carbocycles. The van der Waals surface area contributed by atoms with Gasteiger partial charge in [-0.25, -0.2) is 0 Å². The first-order valence-electron chi connectivity index (χ1n) is 7.63. The first kappa shape index (κ1) is 15.1. The number of nitrogens with zero attached hydrogens (tertiary/aromatic N) is 1. The highest BCUT2D eigenvalue weighted by Gasteiger charge is 2.20. The van der Waals surface area contributed by atoms with Gasteiger partial charge in [0, 0.05) is 4.47 Å². The summed E-state index contributed by atoms with van der Waals surface area (Å²) in [7, 11) is 0. The van der Waals surface area contributed by atoms with Crippen molar-refractivity contribution in [1.82, 2.24) is 4.90 Å². The lowest BCUT2D eigenvalue weighted by Crippen LogP contribution is -2.33. The van der Waals surface area contributed by atoms with Crippen LogP contribution < -0.4 is 0 Å². The Hall–Kier alpha value is -0.340. The fourth-order valence-corrected chi connectivity index (χ4v) is 3.21. The fraction of sp³-hybridized carbons (Fsp3) is 0.647. The predicted octanol–water partition coefficient (Wildman–Crippen LogP) is 5.06. The zero-order chi connectivity index (χ0) is 13.7. The molecule has 1 aliphatic rings. The normalized spacial score (nSPS) is 18.1. The van der Waals surface area contributed by atoms with Crippen LogP contribution in [0.25, 0.3) is 0 Å². The van der Waals surface area contributed by atoms with Gasteiger partial charge in [0.2, 0.25) is 0 Å². The van der Waals surface area contributed by atoms with Gasteiger partial charge >= 0.3 is 0 Å². The van der Waals surface area contributed by atoms with Crippen molar-refractivity contribution in [1.29, 1.82) is 0 Å². The maximum absolute atomic E-state index is 3.51. The van der Waals surface area contributed by atoms with E-state index in [0.717, 1.165) is 11.8 Å². The van der Waals surface area contributed by atoms with Gasteiger partial charge < -0.3 is 4.90 Å². The summed E-state index contributed by atoms with van der Waals surface area (Å²) in [5, 5.41) is 0. The molecule has 0 spiro atoms. The molecule has 19 heavy (non-hydrogen) atoms. The van der Waals surface area contributed by atoms with Crippen LogP contribution in [0.3, 0.4) is 0 Å². The smallest absolute Gasteiger partial charge is 0.0175 e. The molecule has 0 bridgehead atoms. The second-order valence-corrected chi connectivity index (χ2v) is 7.12. The molecule has 2 heteroatoms. The SMILES string of the molecule is CC(C)CCCN1CCC(c2ccc(Br)cc2)CC1. The van der Waals surface area contributed by atoms with Crippen LogP contribution in [0.5, 0.6) is 0 Å². The maximum atomic E-state index is 3.51. The molecule has 0 unspecified atom stereocenters. The van der Waals surface area contributed by atoms with Crippen LogP contribution in [0.1, 0.15) is 51.0 Å². The van der Waals surface area contributed by atoms with Crippen molar-refractivity contribution in [2.45, 2.75) is 45.4 Å². The summed E-state index contributed by atoms with van der Waals surface area (Å²) < 4.78 is 1.18. The maximum Gasteiger partial charge on any atom is 0.0175 e. The molecular formula is C17H26BrN. The van der Waals surface area contributed by atoms with E-state index in [0.29, 0.717) is 0 Å². The van der Waals surface area contributed by atoms with E-state index in [1.165, 1.54) is 55.4 Å². The van der Waals surface area contributed by atoms with Crippen LogP contribution >= 0.6 is 15.9 Å². The minimum Gasteiger partial charge on any atom is -0.303 e. The summed E-state index contributed by atoms with van der Waals surface area (Å²) in [6.45, 7) is 8.49. The van der Waals surface area contributed by atoms with Gasteiger partial charge in [0.25, 0.3) is 0 Å². The van der Waals surface area contributed by atoms with Gasteiger partial charge in [-0.05, 0) is 74.8 Å². The van der Waals surface area contributed by atoms with Gasteiger partial charge in [0.15, 0.2) is 0 Å². The molecule has 0 amide bonds. The Bertz CT molecular complexity index is 363. The molecule has 0 aromatic heterocycles. The zero-order valence-corrected chi connectivity index (χ0v) is 13.8. The number of hydrogen-bond acceptors (Lipinski definition) is 1. The summed E-state index contributed by atoms with van der Waals surface area (Å²) in [4.78, 5) is 2.65. The second-order valence-electron chi connectivity index (χ2n) is 6.20. The van der Waals surface area contributed by atoms with Crippen molar-refractivity contribution in [3.05, 3.63) is 34.3 Å². The molecule has 106 valence electrons. The van der Waals surface area contributed by atoms with E-state index in [-0.39, 0.29) is 0 Å². The third-order valence-corrected chi connectivity index (χ3v) is 4.71. The lowest BCUT2D eigenvalue weighted by molar-refractivity contribution is 0.206. The molecule has 1 fully saturated rings. The molecule has 1 aliphatic heterocycles. The topological polar surface area (TPSA) is 3.24 Å². The Labute approximate surface area is 126 Å². The largest absolute Gasteiger partial charge is 0.303 e. The zero-order valence-electron chi connectivity index (χ0n) is 12.2. The van der Waals surface area contributed by atoms with Crippen molar-refractivity contribution >= 4 is 15.9 Å². The fourth-order valence-electron chi connectivity index (χ4n) is 2.95. The molecule has 1 heterocycles. The Morgan fingerprint density at radius 2 is 1.79 bits per heavy atom. The molecule has 0 N–H and O–H groups in total. The molecule has 0 aliphatic carbocycles. The Morgan fingerprint density at radius 1 is 1.16 bits per heavy atom. The van der Waals surface area contributed by atoms with Gasteiger partial charge in [0.05, 0.1) is 0 Å². The van der Waals surface area contributed by atoms with Crippen molar-refractivity contribution in [3.63, 3.8) is 0 Å². The first-order chi connectivity index (χ1) is 9.15. The molecule has 0 saturated carbocycles. The third kappa shape index (κ3) is 4.92. The molecule has 1 aromatic rings. The van der Waals surface area contributed by atoms with Crippen LogP contribution in [0.2, 0.25) is 0 Å².